The minimum atomic E-state index is 0.307. The number of hydrogen-bond acceptors (Lipinski definition) is 5. The van der Waals surface area contributed by atoms with Gasteiger partial charge in [0.2, 0.25) is 11.8 Å². The standard InChI is InChI=1S/C21H23N3O2/c1-25-19-10-6-5-9-17(19)14-24-12-11-18(15-24)21-23-22-20(26-21)13-16-7-3-2-4-8-16/h2-10,18H,11-15H2,1H3/t18-/m0/s1. The predicted molar refractivity (Wildman–Crippen MR) is 99.2 cm³/mol. The van der Waals surface area contributed by atoms with Gasteiger partial charge in [0.25, 0.3) is 0 Å². The van der Waals surface area contributed by atoms with Gasteiger partial charge in [-0.25, -0.2) is 0 Å². The number of ether oxygens (including phenoxy) is 1. The fourth-order valence-electron chi connectivity index (χ4n) is 3.53. The topological polar surface area (TPSA) is 51.4 Å². The molecule has 26 heavy (non-hydrogen) atoms. The van der Waals surface area contributed by atoms with Crippen molar-refractivity contribution in [3.05, 3.63) is 77.5 Å². The molecule has 3 aromatic rings. The molecular weight excluding hydrogens is 326 g/mol. The molecule has 134 valence electrons. The summed E-state index contributed by atoms with van der Waals surface area (Å²) in [5.41, 5.74) is 2.40. The normalized spacial score (nSPS) is 17.5. The number of benzene rings is 2. The highest BCUT2D eigenvalue weighted by Crippen LogP contribution is 2.29. The molecule has 4 rings (SSSR count). The third-order valence-electron chi connectivity index (χ3n) is 4.89. The average Bonchev–Trinajstić information content (AvgIpc) is 3.32. The summed E-state index contributed by atoms with van der Waals surface area (Å²) in [5.74, 6) is 2.70. The Kier molecular flexibility index (Phi) is 4.97. The summed E-state index contributed by atoms with van der Waals surface area (Å²) in [6.07, 6.45) is 1.73. The third kappa shape index (κ3) is 3.78. The third-order valence-corrected chi connectivity index (χ3v) is 4.89. The molecule has 1 saturated heterocycles. The van der Waals surface area contributed by atoms with Crippen LogP contribution in [0, 0.1) is 0 Å². The van der Waals surface area contributed by atoms with E-state index in [-0.39, 0.29) is 0 Å². The summed E-state index contributed by atoms with van der Waals surface area (Å²) < 4.78 is 11.4. The monoisotopic (exact) mass is 349 g/mol. The lowest BCUT2D eigenvalue weighted by atomic mass is 10.1. The number of hydrogen-bond donors (Lipinski definition) is 0. The zero-order valence-electron chi connectivity index (χ0n) is 15.0. The van der Waals surface area contributed by atoms with Gasteiger partial charge in [-0.2, -0.15) is 0 Å². The Morgan fingerprint density at radius 1 is 1.08 bits per heavy atom. The average molecular weight is 349 g/mol. The van der Waals surface area contributed by atoms with Gasteiger partial charge in [0.05, 0.1) is 19.4 Å². The second-order valence-electron chi connectivity index (χ2n) is 6.73. The molecule has 0 saturated carbocycles. The molecule has 1 fully saturated rings. The van der Waals surface area contributed by atoms with E-state index >= 15 is 0 Å². The van der Waals surface area contributed by atoms with Gasteiger partial charge in [0, 0.05) is 18.7 Å². The molecule has 2 heterocycles. The van der Waals surface area contributed by atoms with Crippen LogP contribution in [-0.2, 0) is 13.0 Å². The summed E-state index contributed by atoms with van der Waals surface area (Å²) in [6.45, 7) is 2.84. The van der Waals surface area contributed by atoms with Gasteiger partial charge in [0.1, 0.15) is 5.75 Å². The maximum atomic E-state index is 5.94. The van der Waals surface area contributed by atoms with E-state index in [1.54, 1.807) is 7.11 Å². The van der Waals surface area contributed by atoms with Crippen LogP contribution in [0.1, 0.15) is 35.2 Å². The van der Waals surface area contributed by atoms with Crippen molar-refractivity contribution in [2.75, 3.05) is 20.2 Å². The Hall–Kier alpha value is -2.66. The van der Waals surface area contributed by atoms with Crippen molar-refractivity contribution in [2.24, 2.45) is 0 Å². The van der Waals surface area contributed by atoms with Crippen molar-refractivity contribution in [2.45, 2.75) is 25.3 Å². The van der Waals surface area contributed by atoms with Crippen LogP contribution in [-0.4, -0.2) is 35.3 Å². The second-order valence-corrected chi connectivity index (χ2v) is 6.73. The Labute approximate surface area is 153 Å². The van der Waals surface area contributed by atoms with E-state index in [0.717, 1.165) is 37.7 Å². The second kappa shape index (κ2) is 7.70. The summed E-state index contributed by atoms with van der Waals surface area (Å²) in [7, 11) is 1.72. The van der Waals surface area contributed by atoms with Crippen molar-refractivity contribution < 1.29 is 9.15 Å². The number of para-hydroxylation sites is 1. The number of aromatic nitrogens is 2. The van der Waals surface area contributed by atoms with Gasteiger partial charge in [-0.1, -0.05) is 48.5 Å². The van der Waals surface area contributed by atoms with Crippen molar-refractivity contribution in [3.8, 4) is 5.75 Å². The SMILES string of the molecule is COc1ccccc1CN1CC[C@H](c2nnc(Cc3ccccc3)o2)C1. The Morgan fingerprint density at radius 2 is 1.88 bits per heavy atom. The number of methoxy groups -OCH3 is 1. The van der Waals surface area contributed by atoms with E-state index in [1.807, 2.05) is 30.3 Å². The zero-order chi connectivity index (χ0) is 17.8. The van der Waals surface area contributed by atoms with E-state index in [4.69, 9.17) is 9.15 Å². The van der Waals surface area contributed by atoms with E-state index < -0.39 is 0 Å². The first-order valence-corrected chi connectivity index (χ1v) is 9.02. The minimum absolute atomic E-state index is 0.307. The first-order valence-electron chi connectivity index (χ1n) is 9.02. The van der Waals surface area contributed by atoms with Crippen molar-refractivity contribution in [3.63, 3.8) is 0 Å². The van der Waals surface area contributed by atoms with Gasteiger partial charge in [-0.05, 0) is 24.6 Å². The molecule has 0 aliphatic carbocycles. The van der Waals surface area contributed by atoms with Crippen LogP contribution < -0.4 is 4.74 Å². The molecule has 0 unspecified atom stereocenters. The fourth-order valence-corrected chi connectivity index (χ4v) is 3.53. The fraction of sp³-hybridized carbons (Fsp3) is 0.333. The molecule has 1 aliphatic rings. The lowest BCUT2D eigenvalue weighted by Gasteiger charge is -2.17. The summed E-state index contributed by atoms with van der Waals surface area (Å²) in [6, 6.07) is 18.4. The summed E-state index contributed by atoms with van der Waals surface area (Å²) >= 11 is 0. The van der Waals surface area contributed by atoms with E-state index in [1.165, 1.54) is 11.1 Å². The molecule has 2 aromatic carbocycles. The number of nitrogens with zero attached hydrogens (tertiary/aromatic N) is 3. The summed E-state index contributed by atoms with van der Waals surface area (Å²) in [5, 5.41) is 8.54. The number of rotatable bonds is 6. The molecule has 1 atom stereocenters. The van der Waals surface area contributed by atoms with Crippen LogP contribution in [0.25, 0.3) is 0 Å². The first-order chi connectivity index (χ1) is 12.8. The van der Waals surface area contributed by atoms with Crippen LogP contribution >= 0.6 is 0 Å². The molecule has 0 radical (unpaired) electrons. The van der Waals surface area contributed by atoms with Gasteiger partial charge >= 0.3 is 0 Å². The maximum absolute atomic E-state index is 5.94. The molecular formula is C21H23N3O2. The van der Waals surface area contributed by atoms with E-state index in [2.05, 4.69) is 39.4 Å². The predicted octanol–water partition coefficient (Wildman–Crippen LogP) is 3.66. The first kappa shape index (κ1) is 16.8. The molecule has 5 heteroatoms. The highest BCUT2D eigenvalue weighted by molar-refractivity contribution is 5.33. The van der Waals surface area contributed by atoms with E-state index in [0.29, 0.717) is 18.2 Å². The lowest BCUT2D eigenvalue weighted by Crippen LogP contribution is -2.20. The Morgan fingerprint density at radius 3 is 2.73 bits per heavy atom. The molecule has 0 N–H and O–H groups in total. The minimum Gasteiger partial charge on any atom is -0.496 e. The Bertz CT molecular complexity index is 847. The highest BCUT2D eigenvalue weighted by Gasteiger charge is 2.28. The smallest absolute Gasteiger partial charge is 0.220 e. The van der Waals surface area contributed by atoms with E-state index in [9.17, 15) is 0 Å². The molecule has 0 amide bonds. The van der Waals surface area contributed by atoms with Gasteiger partial charge in [0.15, 0.2) is 0 Å². The van der Waals surface area contributed by atoms with Crippen LogP contribution in [0.2, 0.25) is 0 Å². The Balaban J connectivity index is 1.38. The molecule has 0 spiro atoms. The number of likely N-dealkylation sites (tertiary alicyclic amines) is 1. The van der Waals surface area contributed by atoms with Crippen molar-refractivity contribution in [1.82, 2.24) is 15.1 Å². The largest absolute Gasteiger partial charge is 0.496 e. The van der Waals surface area contributed by atoms with Crippen LogP contribution in [0.5, 0.6) is 5.75 Å². The van der Waals surface area contributed by atoms with Crippen LogP contribution in [0.4, 0.5) is 0 Å². The molecule has 5 nitrogen and oxygen atoms in total. The molecule has 0 bridgehead atoms. The molecule has 1 aromatic heterocycles. The van der Waals surface area contributed by atoms with Crippen LogP contribution in [0.15, 0.2) is 59.0 Å². The molecule has 1 aliphatic heterocycles. The van der Waals surface area contributed by atoms with Gasteiger partial charge in [-0.15, -0.1) is 10.2 Å². The highest BCUT2D eigenvalue weighted by atomic mass is 16.5. The van der Waals surface area contributed by atoms with Gasteiger partial charge in [-0.3, -0.25) is 4.90 Å². The zero-order valence-corrected chi connectivity index (χ0v) is 15.0. The van der Waals surface area contributed by atoms with Crippen molar-refractivity contribution in [1.29, 1.82) is 0 Å². The van der Waals surface area contributed by atoms with Gasteiger partial charge < -0.3 is 9.15 Å². The summed E-state index contributed by atoms with van der Waals surface area (Å²) in [4.78, 5) is 2.42. The quantitative estimate of drug-likeness (QED) is 0.680. The van der Waals surface area contributed by atoms with Crippen molar-refractivity contribution >= 4 is 0 Å². The van der Waals surface area contributed by atoms with Crippen LogP contribution in [0.3, 0.4) is 0 Å². The maximum Gasteiger partial charge on any atom is 0.220 e. The lowest BCUT2D eigenvalue weighted by molar-refractivity contribution is 0.310.